The Labute approximate surface area is 181 Å². The highest BCUT2D eigenvalue weighted by Crippen LogP contribution is 2.38. The van der Waals surface area contributed by atoms with Crippen molar-refractivity contribution in [1.29, 1.82) is 0 Å². The fraction of sp³-hybridized carbons (Fsp3) is 0.318. The Bertz CT molecular complexity index is 1150. The molecule has 0 radical (unpaired) electrons. The second-order valence-corrected chi connectivity index (χ2v) is 7.01. The van der Waals surface area contributed by atoms with Gasteiger partial charge in [-0.05, 0) is 30.2 Å². The van der Waals surface area contributed by atoms with Crippen molar-refractivity contribution in [2.45, 2.75) is 31.7 Å². The Morgan fingerprint density at radius 2 is 1.91 bits per heavy atom. The number of alkyl halides is 3. The molecule has 1 atom stereocenters. The lowest BCUT2D eigenvalue weighted by Gasteiger charge is -2.26. The van der Waals surface area contributed by atoms with E-state index in [1.165, 1.54) is 19.2 Å². The third-order valence-corrected chi connectivity index (χ3v) is 4.88. The molecular weight excluding hydrogens is 429 g/mol. The minimum Gasteiger partial charge on any atom is -0.497 e. The molecule has 0 spiro atoms. The van der Waals surface area contributed by atoms with Gasteiger partial charge in [0.05, 0.1) is 31.8 Å². The molecule has 0 aliphatic carbocycles. The molecule has 3 aromatic rings. The third kappa shape index (κ3) is 4.91. The lowest BCUT2D eigenvalue weighted by atomic mass is 10.0. The van der Waals surface area contributed by atoms with E-state index in [0.29, 0.717) is 5.75 Å². The number of aliphatic carboxylic acids is 1. The second kappa shape index (κ2) is 9.82. The number of carbonyl (C=O) groups is 1. The monoisotopic (exact) mass is 450 g/mol. The summed E-state index contributed by atoms with van der Waals surface area (Å²) in [5.74, 6) is -4.03. The normalized spacial score (nSPS) is 13.3. The number of carboxylic acids is 1. The van der Waals surface area contributed by atoms with Crippen molar-refractivity contribution in [3.63, 3.8) is 0 Å². The zero-order chi connectivity index (χ0) is 23.3. The summed E-state index contributed by atoms with van der Waals surface area (Å²) >= 11 is 0. The number of rotatable bonds is 10. The van der Waals surface area contributed by atoms with Gasteiger partial charge < -0.3 is 14.6 Å². The molecule has 10 heteroatoms. The SMILES string of the molecule is COc1ccc(Cn2ncc3c(C(F)(OCCCC(=O)O)C(F)F)cccc3c2=O)cc1. The van der Waals surface area contributed by atoms with Gasteiger partial charge in [0.1, 0.15) is 5.75 Å². The van der Waals surface area contributed by atoms with E-state index in [1.54, 1.807) is 24.3 Å². The zero-order valence-electron chi connectivity index (χ0n) is 17.1. The standard InChI is InChI=1S/C22H21F3N2O5/c1-31-15-9-7-14(8-10-15)13-27-20(30)16-4-2-5-18(17(16)12-26-27)22(25,21(23)24)32-11-3-6-19(28)29/h2,4-5,7-10,12,21H,3,6,11,13H2,1H3,(H,28,29). The summed E-state index contributed by atoms with van der Waals surface area (Å²) < 4.78 is 53.7. The van der Waals surface area contributed by atoms with E-state index in [4.69, 9.17) is 14.6 Å². The number of ether oxygens (including phenoxy) is 2. The quantitative estimate of drug-likeness (QED) is 0.474. The van der Waals surface area contributed by atoms with Crippen LogP contribution in [0.3, 0.4) is 0 Å². The Morgan fingerprint density at radius 1 is 1.19 bits per heavy atom. The molecule has 1 N–H and O–H groups in total. The van der Waals surface area contributed by atoms with E-state index < -0.39 is 36.0 Å². The summed E-state index contributed by atoms with van der Waals surface area (Å²) in [7, 11) is 1.53. The zero-order valence-corrected chi connectivity index (χ0v) is 17.1. The molecule has 32 heavy (non-hydrogen) atoms. The highest BCUT2D eigenvalue weighted by molar-refractivity contribution is 5.84. The first-order chi connectivity index (χ1) is 15.3. The molecular formula is C22H21F3N2O5. The van der Waals surface area contributed by atoms with Crippen molar-refractivity contribution in [3.05, 3.63) is 70.1 Å². The lowest BCUT2D eigenvalue weighted by molar-refractivity contribution is -0.230. The van der Waals surface area contributed by atoms with E-state index in [9.17, 15) is 18.4 Å². The predicted octanol–water partition coefficient (Wildman–Crippen LogP) is 3.72. The minimum atomic E-state index is -3.57. The Hall–Kier alpha value is -3.40. The van der Waals surface area contributed by atoms with Crippen LogP contribution < -0.4 is 10.3 Å². The number of methoxy groups -OCH3 is 1. The molecule has 0 amide bonds. The van der Waals surface area contributed by atoms with Crippen LogP contribution in [-0.4, -0.2) is 41.0 Å². The fourth-order valence-corrected chi connectivity index (χ4v) is 3.23. The first-order valence-electron chi connectivity index (χ1n) is 9.71. The molecule has 1 unspecified atom stereocenters. The van der Waals surface area contributed by atoms with E-state index in [0.717, 1.165) is 22.5 Å². The summed E-state index contributed by atoms with van der Waals surface area (Å²) in [5.41, 5.74) is -0.366. The van der Waals surface area contributed by atoms with Gasteiger partial charge in [0.15, 0.2) is 0 Å². The van der Waals surface area contributed by atoms with Crippen molar-refractivity contribution in [2.24, 2.45) is 0 Å². The molecule has 0 fully saturated rings. The highest BCUT2D eigenvalue weighted by Gasteiger charge is 2.45. The van der Waals surface area contributed by atoms with Crippen LogP contribution in [0.25, 0.3) is 10.8 Å². The van der Waals surface area contributed by atoms with Crippen LogP contribution in [0.4, 0.5) is 13.2 Å². The number of aromatic nitrogens is 2. The smallest absolute Gasteiger partial charge is 0.303 e. The molecule has 1 aromatic heterocycles. The van der Waals surface area contributed by atoms with Crippen molar-refractivity contribution < 1.29 is 32.5 Å². The topological polar surface area (TPSA) is 90.7 Å². The Morgan fingerprint density at radius 3 is 2.53 bits per heavy atom. The van der Waals surface area contributed by atoms with Gasteiger partial charge in [0.2, 0.25) is 0 Å². The van der Waals surface area contributed by atoms with Gasteiger partial charge in [-0.15, -0.1) is 0 Å². The second-order valence-electron chi connectivity index (χ2n) is 7.01. The van der Waals surface area contributed by atoms with Crippen molar-refractivity contribution in [3.8, 4) is 5.75 Å². The number of carboxylic acid groups (broad SMARTS) is 1. The predicted molar refractivity (Wildman–Crippen MR) is 110 cm³/mol. The molecule has 0 saturated heterocycles. The van der Waals surface area contributed by atoms with Crippen LogP contribution in [-0.2, 0) is 21.9 Å². The van der Waals surface area contributed by atoms with Crippen LogP contribution in [0, 0.1) is 0 Å². The third-order valence-electron chi connectivity index (χ3n) is 4.88. The van der Waals surface area contributed by atoms with Gasteiger partial charge in [-0.25, -0.2) is 17.9 Å². The summed E-state index contributed by atoms with van der Waals surface area (Å²) in [6.07, 6.45) is -2.93. The number of hydrogen-bond donors (Lipinski definition) is 1. The van der Waals surface area contributed by atoms with Gasteiger partial charge in [0, 0.05) is 17.4 Å². The summed E-state index contributed by atoms with van der Waals surface area (Å²) in [5, 5.41) is 12.6. The summed E-state index contributed by atoms with van der Waals surface area (Å²) in [6.45, 7) is -0.421. The van der Waals surface area contributed by atoms with E-state index in [1.807, 2.05) is 0 Å². The largest absolute Gasteiger partial charge is 0.497 e. The molecule has 3 rings (SSSR count). The maximum absolute atomic E-state index is 15.3. The molecule has 0 aliphatic rings. The van der Waals surface area contributed by atoms with Crippen LogP contribution >= 0.6 is 0 Å². The number of fused-ring (bicyclic) bond motifs is 1. The first kappa shape index (κ1) is 23.3. The lowest BCUT2D eigenvalue weighted by Crippen LogP contribution is -2.34. The van der Waals surface area contributed by atoms with Gasteiger partial charge in [0.25, 0.3) is 11.4 Å². The molecule has 0 saturated carbocycles. The van der Waals surface area contributed by atoms with Gasteiger partial charge >= 0.3 is 12.4 Å². The van der Waals surface area contributed by atoms with Crippen LogP contribution in [0.5, 0.6) is 5.75 Å². The number of benzene rings is 2. The van der Waals surface area contributed by atoms with Crippen molar-refractivity contribution in [2.75, 3.05) is 13.7 Å². The van der Waals surface area contributed by atoms with Gasteiger partial charge in [-0.2, -0.15) is 5.10 Å². The van der Waals surface area contributed by atoms with Gasteiger partial charge in [-0.1, -0.05) is 24.3 Å². The van der Waals surface area contributed by atoms with E-state index in [2.05, 4.69) is 5.10 Å². The molecule has 170 valence electrons. The van der Waals surface area contributed by atoms with Crippen LogP contribution in [0.1, 0.15) is 24.0 Å². The van der Waals surface area contributed by atoms with E-state index >= 15 is 4.39 Å². The minimum absolute atomic E-state index is 0.00261. The average molecular weight is 450 g/mol. The van der Waals surface area contributed by atoms with Crippen molar-refractivity contribution >= 4 is 16.7 Å². The van der Waals surface area contributed by atoms with Crippen LogP contribution in [0.15, 0.2) is 53.5 Å². The molecule has 2 aromatic carbocycles. The fourth-order valence-electron chi connectivity index (χ4n) is 3.23. The average Bonchev–Trinajstić information content (AvgIpc) is 2.78. The maximum atomic E-state index is 15.3. The Kier molecular flexibility index (Phi) is 7.14. The molecule has 0 bridgehead atoms. The van der Waals surface area contributed by atoms with E-state index in [-0.39, 0.29) is 30.2 Å². The molecule has 7 nitrogen and oxygen atoms in total. The van der Waals surface area contributed by atoms with Crippen LogP contribution in [0.2, 0.25) is 0 Å². The molecule has 0 aliphatic heterocycles. The van der Waals surface area contributed by atoms with Gasteiger partial charge in [-0.3, -0.25) is 9.59 Å². The number of halogens is 3. The summed E-state index contributed by atoms with van der Waals surface area (Å²) in [4.78, 5) is 23.5. The highest BCUT2D eigenvalue weighted by atomic mass is 19.3. The molecule has 1 heterocycles. The Balaban J connectivity index is 1.95. The number of hydrogen-bond acceptors (Lipinski definition) is 5. The maximum Gasteiger partial charge on any atom is 0.303 e. The van der Waals surface area contributed by atoms with Crippen molar-refractivity contribution in [1.82, 2.24) is 9.78 Å². The number of nitrogens with zero attached hydrogens (tertiary/aromatic N) is 2. The first-order valence-corrected chi connectivity index (χ1v) is 9.71. The summed E-state index contributed by atoms with van der Waals surface area (Å²) in [6, 6.07) is 10.7.